The number of aryl methyl sites for hydroxylation is 1. The number of hydrogen-bond donors (Lipinski definition) is 0. The molecule has 36 heavy (non-hydrogen) atoms. The van der Waals surface area contributed by atoms with Crippen LogP contribution < -0.4 is 24.4 Å². The van der Waals surface area contributed by atoms with Crippen LogP contribution in [-0.2, 0) is 6.42 Å². The predicted molar refractivity (Wildman–Crippen MR) is 143 cm³/mol. The molecule has 5 nitrogen and oxygen atoms in total. The summed E-state index contributed by atoms with van der Waals surface area (Å²) in [6.45, 7) is 2.59. The molecule has 4 aromatic rings. The summed E-state index contributed by atoms with van der Waals surface area (Å²) in [5.41, 5.74) is 6.56. The number of ether oxygens (including phenoxy) is 2. The fourth-order valence-corrected chi connectivity index (χ4v) is 6.15. The van der Waals surface area contributed by atoms with Crippen molar-refractivity contribution in [3.63, 3.8) is 0 Å². The van der Waals surface area contributed by atoms with E-state index in [4.69, 9.17) is 14.5 Å². The Morgan fingerprint density at radius 3 is 2.61 bits per heavy atom. The maximum atomic E-state index is 13.9. The Morgan fingerprint density at radius 2 is 1.81 bits per heavy atom. The highest BCUT2D eigenvalue weighted by molar-refractivity contribution is 7.07. The van der Waals surface area contributed by atoms with Crippen LogP contribution in [0.5, 0.6) is 11.5 Å². The average Bonchev–Trinajstić information content (AvgIpc) is 3.22. The van der Waals surface area contributed by atoms with Crippen LogP contribution in [0, 0.1) is 0 Å². The van der Waals surface area contributed by atoms with Crippen LogP contribution in [0.25, 0.3) is 11.8 Å². The molecule has 2 aliphatic rings. The van der Waals surface area contributed by atoms with Crippen LogP contribution in [0.4, 0.5) is 0 Å². The van der Waals surface area contributed by atoms with E-state index in [9.17, 15) is 4.79 Å². The minimum Gasteiger partial charge on any atom is -0.496 e. The van der Waals surface area contributed by atoms with Gasteiger partial charge in [-0.05, 0) is 60.7 Å². The number of thiazole rings is 1. The van der Waals surface area contributed by atoms with E-state index in [0.29, 0.717) is 11.1 Å². The van der Waals surface area contributed by atoms with E-state index in [1.165, 1.54) is 22.5 Å². The molecule has 0 bridgehead atoms. The highest BCUT2D eigenvalue weighted by Gasteiger charge is 2.32. The van der Waals surface area contributed by atoms with Gasteiger partial charge in [-0.1, -0.05) is 65.9 Å². The van der Waals surface area contributed by atoms with Crippen molar-refractivity contribution in [3.05, 3.63) is 120 Å². The molecule has 0 radical (unpaired) electrons. The molecule has 0 spiro atoms. The third kappa shape index (κ3) is 3.78. The topological polar surface area (TPSA) is 52.8 Å². The Bertz CT molecular complexity index is 1660. The lowest BCUT2D eigenvalue weighted by atomic mass is 9.83. The first kappa shape index (κ1) is 22.6. The van der Waals surface area contributed by atoms with Crippen LogP contribution in [0.1, 0.15) is 41.6 Å². The van der Waals surface area contributed by atoms with E-state index in [-0.39, 0.29) is 11.6 Å². The van der Waals surface area contributed by atoms with Crippen molar-refractivity contribution in [2.45, 2.75) is 25.8 Å². The van der Waals surface area contributed by atoms with Gasteiger partial charge in [0.15, 0.2) is 4.80 Å². The third-order valence-corrected chi connectivity index (χ3v) is 7.79. The van der Waals surface area contributed by atoms with Crippen molar-refractivity contribution in [1.82, 2.24) is 4.57 Å². The summed E-state index contributed by atoms with van der Waals surface area (Å²) in [5, 5.41) is 0. The zero-order valence-corrected chi connectivity index (χ0v) is 21.0. The summed E-state index contributed by atoms with van der Waals surface area (Å²) in [7, 11) is 1.64. The highest BCUT2D eigenvalue weighted by atomic mass is 32.1. The van der Waals surface area contributed by atoms with Crippen LogP contribution >= 0.6 is 11.3 Å². The fourth-order valence-electron chi connectivity index (χ4n) is 5.16. The molecule has 0 saturated heterocycles. The van der Waals surface area contributed by atoms with E-state index in [0.717, 1.165) is 51.5 Å². The quantitative estimate of drug-likeness (QED) is 0.403. The lowest BCUT2D eigenvalue weighted by Crippen LogP contribution is -2.38. The normalized spacial score (nSPS) is 16.6. The van der Waals surface area contributed by atoms with E-state index < -0.39 is 0 Å². The first-order chi connectivity index (χ1) is 17.7. The molecule has 0 fully saturated rings. The highest BCUT2D eigenvalue weighted by Crippen LogP contribution is 2.41. The lowest BCUT2D eigenvalue weighted by molar-refractivity contribution is 0.340. The lowest BCUT2D eigenvalue weighted by Gasteiger charge is -2.30. The molecule has 0 saturated carbocycles. The zero-order chi connectivity index (χ0) is 24.6. The molecule has 6 rings (SSSR count). The number of fused-ring (bicyclic) bond motifs is 3. The Balaban J connectivity index is 1.59. The molecular formula is C30H26N2O3S. The van der Waals surface area contributed by atoms with Crippen molar-refractivity contribution >= 4 is 23.1 Å². The molecule has 0 N–H and O–H groups in total. The second kappa shape index (κ2) is 9.28. The summed E-state index contributed by atoms with van der Waals surface area (Å²) in [6.07, 6.45) is 3.71. The molecule has 1 aromatic heterocycles. The molecule has 180 valence electrons. The largest absolute Gasteiger partial charge is 0.496 e. The fraction of sp³-hybridized carbons (Fsp3) is 0.200. The van der Waals surface area contributed by atoms with Gasteiger partial charge in [-0.25, -0.2) is 4.99 Å². The summed E-state index contributed by atoms with van der Waals surface area (Å²) < 4.78 is 13.7. The Labute approximate surface area is 213 Å². The van der Waals surface area contributed by atoms with Gasteiger partial charge >= 0.3 is 0 Å². The monoisotopic (exact) mass is 494 g/mol. The van der Waals surface area contributed by atoms with Gasteiger partial charge in [-0.2, -0.15) is 0 Å². The molecule has 1 unspecified atom stereocenters. The van der Waals surface area contributed by atoms with Gasteiger partial charge in [0.1, 0.15) is 11.5 Å². The number of rotatable bonds is 5. The first-order valence-electron chi connectivity index (χ1n) is 12.2. The smallest absolute Gasteiger partial charge is 0.271 e. The van der Waals surface area contributed by atoms with Gasteiger partial charge in [0.05, 0.1) is 30.0 Å². The maximum Gasteiger partial charge on any atom is 0.271 e. The van der Waals surface area contributed by atoms with E-state index in [1.807, 2.05) is 54.0 Å². The van der Waals surface area contributed by atoms with E-state index in [2.05, 4.69) is 36.4 Å². The summed E-state index contributed by atoms with van der Waals surface area (Å²) in [4.78, 5) is 19.7. The van der Waals surface area contributed by atoms with Gasteiger partial charge in [0, 0.05) is 11.1 Å². The summed E-state index contributed by atoms with van der Waals surface area (Å²) >= 11 is 1.43. The zero-order valence-electron chi connectivity index (χ0n) is 20.2. The number of aromatic nitrogens is 1. The van der Waals surface area contributed by atoms with Crippen molar-refractivity contribution in [2.75, 3.05) is 13.7 Å². The van der Waals surface area contributed by atoms with Crippen molar-refractivity contribution < 1.29 is 9.47 Å². The molecule has 1 atom stereocenters. The van der Waals surface area contributed by atoms with Crippen molar-refractivity contribution in [2.24, 2.45) is 4.99 Å². The summed E-state index contributed by atoms with van der Waals surface area (Å²) in [5.74, 6) is 1.56. The Morgan fingerprint density at radius 1 is 1.03 bits per heavy atom. The van der Waals surface area contributed by atoms with Gasteiger partial charge in [0.2, 0.25) is 0 Å². The standard InChI is InChI=1S/C30H26N2O3S/c1-3-35-22-15-12-20(13-16-22)28-24-17-14-19-8-4-6-10-23(19)27(24)31-30-32(28)29(33)26(36-30)18-21-9-5-7-11-25(21)34-2/h4-13,15-16,18,28H,3,14,17H2,1-2H3. The number of allylic oxidation sites excluding steroid dienone is 1. The SMILES string of the molecule is CCOc1ccc(C2C3=C(N=c4sc(=Cc5ccccc5OC)c(=O)n42)c2ccccc2CC3)cc1. The van der Waals surface area contributed by atoms with Gasteiger partial charge in [-0.15, -0.1) is 0 Å². The molecule has 3 aromatic carbocycles. The number of para-hydroxylation sites is 1. The molecule has 2 heterocycles. The minimum absolute atomic E-state index is 0.0334. The molecule has 1 aliphatic heterocycles. The van der Waals surface area contributed by atoms with E-state index >= 15 is 0 Å². The van der Waals surface area contributed by atoms with Crippen LogP contribution in [-0.4, -0.2) is 18.3 Å². The Hall–Kier alpha value is -3.90. The maximum absolute atomic E-state index is 13.9. The first-order valence-corrected chi connectivity index (χ1v) is 13.0. The van der Waals surface area contributed by atoms with Gasteiger partial charge < -0.3 is 9.47 Å². The van der Waals surface area contributed by atoms with Gasteiger partial charge in [-0.3, -0.25) is 9.36 Å². The Kier molecular flexibility index (Phi) is 5.82. The predicted octanol–water partition coefficient (Wildman–Crippen LogP) is 4.73. The van der Waals surface area contributed by atoms with E-state index in [1.54, 1.807) is 7.11 Å². The second-order valence-corrected chi connectivity index (χ2v) is 9.87. The third-order valence-electron chi connectivity index (χ3n) is 6.81. The number of benzene rings is 3. The summed E-state index contributed by atoms with van der Waals surface area (Å²) in [6, 6.07) is 24.1. The van der Waals surface area contributed by atoms with Crippen LogP contribution in [0.15, 0.2) is 88.2 Å². The van der Waals surface area contributed by atoms with Crippen LogP contribution in [0.2, 0.25) is 0 Å². The number of hydrogen-bond acceptors (Lipinski definition) is 5. The van der Waals surface area contributed by atoms with Crippen molar-refractivity contribution in [1.29, 1.82) is 0 Å². The molecule has 6 heteroatoms. The van der Waals surface area contributed by atoms with Crippen LogP contribution in [0.3, 0.4) is 0 Å². The second-order valence-electron chi connectivity index (χ2n) is 8.86. The van der Waals surface area contributed by atoms with Crippen molar-refractivity contribution in [3.8, 4) is 11.5 Å². The molecule has 0 amide bonds. The minimum atomic E-state index is -0.208. The molecular weight excluding hydrogens is 468 g/mol. The number of nitrogens with zero attached hydrogens (tertiary/aromatic N) is 2. The molecule has 1 aliphatic carbocycles. The van der Waals surface area contributed by atoms with Gasteiger partial charge in [0.25, 0.3) is 5.56 Å². The number of methoxy groups -OCH3 is 1. The average molecular weight is 495 g/mol.